The molecule has 1 N–H and O–H groups in total. The van der Waals surface area contributed by atoms with Crippen LogP contribution >= 0.6 is 0 Å². The lowest BCUT2D eigenvalue weighted by molar-refractivity contribution is -0.117. The second kappa shape index (κ2) is 8.02. The predicted molar refractivity (Wildman–Crippen MR) is 112 cm³/mol. The molecule has 0 saturated carbocycles. The number of nitrogens with zero attached hydrogens (tertiary/aromatic N) is 1. The molecule has 3 aromatic carbocycles. The van der Waals surface area contributed by atoms with Gasteiger partial charge in [0.05, 0.1) is 5.69 Å². The lowest BCUT2D eigenvalue weighted by Crippen LogP contribution is -2.35. The Morgan fingerprint density at radius 2 is 1.59 bits per heavy atom. The fraction of sp³-hybridized carbons (Fsp3) is 0.0833. The third kappa shape index (κ3) is 3.89. The van der Waals surface area contributed by atoms with E-state index < -0.39 is 11.8 Å². The Morgan fingerprint density at radius 3 is 2.38 bits per heavy atom. The van der Waals surface area contributed by atoms with Gasteiger partial charge >= 0.3 is 0 Å². The first-order chi connectivity index (χ1) is 14.1. The Labute approximate surface area is 169 Å². The van der Waals surface area contributed by atoms with Crippen LogP contribution in [0.3, 0.4) is 0 Å². The van der Waals surface area contributed by atoms with E-state index in [-0.39, 0.29) is 5.57 Å². The zero-order valence-corrected chi connectivity index (χ0v) is 16.0. The maximum Gasteiger partial charge on any atom is 0.282 e. The molecule has 29 heavy (non-hydrogen) atoms. The van der Waals surface area contributed by atoms with Gasteiger partial charge in [-0.1, -0.05) is 60.7 Å². The SMILES string of the molecule is Cc1ccccc1COc1ccccc1/C=C1/C(=O)NN(c2ccccc2)C1=O. The van der Waals surface area contributed by atoms with Crippen LogP contribution in [-0.2, 0) is 16.2 Å². The minimum Gasteiger partial charge on any atom is -0.488 e. The highest BCUT2D eigenvalue weighted by molar-refractivity contribution is 6.31. The van der Waals surface area contributed by atoms with Gasteiger partial charge in [0.2, 0.25) is 0 Å². The number of rotatable bonds is 5. The first-order valence-electron chi connectivity index (χ1n) is 9.32. The summed E-state index contributed by atoms with van der Waals surface area (Å²) in [6.45, 7) is 2.44. The molecule has 0 aliphatic carbocycles. The van der Waals surface area contributed by atoms with Gasteiger partial charge in [-0.05, 0) is 42.3 Å². The number of carbonyl (C=O) groups is 2. The molecular weight excluding hydrogens is 364 g/mol. The van der Waals surface area contributed by atoms with E-state index in [0.29, 0.717) is 23.6 Å². The molecular formula is C24H20N2O3. The van der Waals surface area contributed by atoms with E-state index >= 15 is 0 Å². The normalized spacial score (nSPS) is 14.9. The van der Waals surface area contributed by atoms with E-state index in [4.69, 9.17) is 4.74 Å². The van der Waals surface area contributed by atoms with Crippen molar-refractivity contribution in [2.75, 3.05) is 5.01 Å². The smallest absolute Gasteiger partial charge is 0.282 e. The van der Waals surface area contributed by atoms with Crippen molar-refractivity contribution in [3.8, 4) is 5.75 Å². The minimum absolute atomic E-state index is 0.0702. The summed E-state index contributed by atoms with van der Waals surface area (Å²) >= 11 is 0. The number of carbonyl (C=O) groups excluding carboxylic acids is 2. The number of amides is 2. The summed E-state index contributed by atoms with van der Waals surface area (Å²) in [6, 6.07) is 24.4. The average Bonchev–Trinajstić information content (AvgIpc) is 3.03. The van der Waals surface area contributed by atoms with Crippen molar-refractivity contribution in [1.29, 1.82) is 0 Å². The number of aryl methyl sites for hydroxylation is 1. The Balaban J connectivity index is 1.59. The van der Waals surface area contributed by atoms with Crippen molar-refractivity contribution in [2.24, 2.45) is 0 Å². The zero-order chi connectivity index (χ0) is 20.2. The van der Waals surface area contributed by atoms with Crippen molar-refractivity contribution in [1.82, 2.24) is 5.43 Å². The van der Waals surface area contributed by atoms with Crippen LogP contribution in [-0.4, -0.2) is 11.8 Å². The molecule has 1 fully saturated rings. The number of para-hydroxylation sites is 2. The third-order valence-electron chi connectivity index (χ3n) is 4.77. The Morgan fingerprint density at radius 1 is 0.897 bits per heavy atom. The van der Waals surface area contributed by atoms with Gasteiger partial charge in [-0.25, -0.2) is 5.01 Å². The number of ether oxygens (including phenoxy) is 1. The van der Waals surface area contributed by atoms with E-state index in [0.717, 1.165) is 11.1 Å². The molecule has 2 amide bonds. The first-order valence-corrected chi connectivity index (χ1v) is 9.32. The fourth-order valence-corrected chi connectivity index (χ4v) is 3.13. The molecule has 5 nitrogen and oxygen atoms in total. The van der Waals surface area contributed by atoms with Crippen LogP contribution in [0.5, 0.6) is 5.75 Å². The van der Waals surface area contributed by atoms with Crippen LogP contribution in [0.1, 0.15) is 16.7 Å². The second-order valence-corrected chi connectivity index (χ2v) is 6.73. The molecule has 0 radical (unpaired) electrons. The predicted octanol–water partition coefficient (Wildman–Crippen LogP) is 4.04. The topological polar surface area (TPSA) is 58.6 Å². The van der Waals surface area contributed by atoms with Gasteiger partial charge in [-0.3, -0.25) is 15.0 Å². The van der Waals surface area contributed by atoms with Crippen LogP contribution in [0.15, 0.2) is 84.4 Å². The van der Waals surface area contributed by atoms with E-state index in [9.17, 15) is 9.59 Å². The number of hydrogen-bond acceptors (Lipinski definition) is 3. The van der Waals surface area contributed by atoms with E-state index in [1.165, 1.54) is 5.01 Å². The van der Waals surface area contributed by atoms with Gasteiger partial charge in [0.15, 0.2) is 0 Å². The zero-order valence-electron chi connectivity index (χ0n) is 16.0. The number of benzene rings is 3. The second-order valence-electron chi connectivity index (χ2n) is 6.73. The minimum atomic E-state index is -0.437. The third-order valence-corrected chi connectivity index (χ3v) is 4.77. The highest BCUT2D eigenvalue weighted by atomic mass is 16.5. The van der Waals surface area contributed by atoms with Crippen LogP contribution < -0.4 is 15.2 Å². The van der Waals surface area contributed by atoms with Crippen molar-refractivity contribution < 1.29 is 14.3 Å². The van der Waals surface area contributed by atoms with Crippen molar-refractivity contribution in [3.05, 3.63) is 101 Å². The molecule has 3 aromatic rings. The molecule has 0 atom stereocenters. The molecule has 1 saturated heterocycles. The summed E-state index contributed by atoms with van der Waals surface area (Å²) < 4.78 is 6.00. The van der Waals surface area contributed by atoms with Gasteiger partial charge in [0.1, 0.15) is 17.9 Å². The van der Waals surface area contributed by atoms with E-state index in [1.807, 2.05) is 73.7 Å². The number of hydrogen-bond donors (Lipinski definition) is 1. The molecule has 1 aliphatic heterocycles. The summed E-state index contributed by atoms with van der Waals surface area (Å²) in [5.74, 6) is -0.218. The van der Waals surface area contributed by atoms with Crippen LogP contribution in [0.2, 0.25) is 0 Å². The fourth-order valence-electron chi connectivity index (χ4n) is 3.13. The van der Waals surface area contributed by atoms with Crippen molar-refractivity contribution in [3.63, 3.8) is 0 Å². The van der Waals surface area contributed by atoms with Gasteiger partial charge in [0.25, 0.3) is 11.8 Å². The largest absolute Gasteiger partial charge is 0.488 e. The molecule has 4 rings (SSSR count). The van der Waals surface area contributed by atoms with Crippen molar-refractivity contribution >= 4 is 23.6 Å². The molecule has 0 bridgehead atoms. The first kappa shape index (κ1) is 18.5. The average molecular weight is 384 g/mol. The van der Waals surface area contributed by atoms with Gasteiger partial charge in [-0.2, -0.15) is 0 Å². The van der Waals surface area contributed by atoms with Crippen LogP contribution in [0, 0.1) is 6.92 Å². The van der Waals surface area contributed by atoms with E-state index in [2.05, 4.69) is 5.43 Å². The molecule has 1 heterocycles. The maximum atomic E-state index is 12.8. The quantitative estimate of drug-likeness (QED) is 0.534. The van der Waals surface area contributed by atoms with Crippen LogP contribution in [0.4, 0.5) is 5.69 Å². The standard InChI is InChI=1S/C24H20N2O3/c1-17-9-5-6-11-19(17)16-29-22-14-8-7-10-18(22)15-21-23(27)25-26(24(21)28)20-12-3-2-4-13-20/h2-15H,16H2,1H3,(H,25,27)/b21-15-. The highest BCUT2D eigenvalue weighted by Crippen LogP contribution is 2.26. The van der Waals surface area contributed by atoms with E-state index in [1.54, 1.807) is 18.2 Å². The summed E-state index contributed by atoms with van der Waals surface area (Å²) in [6.07, 6.45) is 1.58. The molecule has 0 spiro atoms. The molecule has 0 unspecified atom stereocenters. The lowest BCUT2D eigenvalue weighted by atomic mass is 10.1. The molecule has 0 aromatic heterocycles. The monoisotopic (exact) mass is 384 g/mol. The van der Waals surface area contributed by atoms with Crippen LogP contribution in [0.25, 0.3) is 6.08 Å². The maximum absolute atomic E-state index is 12.8. The molecule has 5 heteroatoms. The number of anilines is 1. The summed E-state index contributed by atoms with van der Waals surface area (Å²) in [5.41, 5.74) is 6.19. The molecule has 1 aliphatic rings. The summed E-state index contributed by atoms with van der Waals surface area (Å²) in [7, 11) is 0. The Hall–Kier alpha value is -3.86. The number of nitrogens with one attached hydrogen (secondary N) is 1. The van der Waals surface area contributed by atoms with Gasteiger partial charge < -0.3 is 4.74 Å². The summed E-state index contributed by atoms with van der Waals surface area (Å²) in [4.78, 5) is 25.2. The Kier molecular flexibility index (Phi) is 5.12. The van der Waals surface area contributed by atoms with Gasteiger partial charge in [0, 0.05) is 5.56 Å². The lowest BCUT2D eigenvalue weighted by Gasteiger charge is -2.14. The highest BCUT2D eigenvalue weighted by Gasteiger charge is 2.34. The summed E-state index contributed by atoms with van der Waals surface area (Å²) in [5, 5.41) is 1.25. The van der Waals surface area contributed by atoms with Crippen molar-refractivity contribution in [2.45, 2.75) is 13.5 Å². The number of hydrazine groups is 1. The van der Waals surface area contributed by atoms with Gasteiger partial charge in [-0.15, -0.1) is 0 Å². The Bertz CT molecular complexity index is 1090. The molecule has 144 valence electrons.